The Hall–Kier alpha value is -6.38. The van der Waals surface area contributed by atoms with Crippen LogP contribution in [0.15, 0.2) is 176 Å². The van der Waals surface area contributed by atoms with E-state index >= 15 is 0 Å². The molecule has 1 atom stereocenters. The zero-order chi connectivity index (χ0) is 34.6. The summed E-state index contributed by atoms with van der Waals surface area (Å²) >= 11 is 0. The van der Waals surface area contributed by atoms with E-state index in [1.165, 1.54) is 55.3 Å². The average Bonchev–Trinajstić information content (AvgIpc) is 3.42. The van der Waals surface area contributed by atoms with Gasteiger partial charge in [0.2, 0.25) is 0 Å². The summed E-state index contributed by atoms with van der Waals surface area (Å²) in [5.41, 5.74) is 15.4. The molecular formula is C50H35NO. The van der Waals surface area contributed by atoms with Gasteiger partial charge in [0.05, 0.1) is 5.41 Å². The predicted octanol–water partition coefficient (Wildman–Crippen LogP) is 13.1. The molecule has 246 valence electrons. The number of hydrogen-bond donors (Lipinski definition) is 0. The molecule has 2 nitrogen and oxygen atoms in total. The van der Waals surface area contributed by atoms with Crippen LogP contribution < -0.4 is 9.64 Å². The van der Waals surface area contributed by atoms with E-state index in [1.54, 1.807) is 0 Å². The van der Waals surface area contributed by atoms with Gasteiger partial charge in [0.1, 0.15) is 11.5 Å². The van der Waals surface area contributed by atoms with E-state index in [-0.39, 0.29) is 5.41 Å². The first-order valence-electron chi connectivity index (χ1n) is 18.2. The van der Waals surface area contributed by atoms with Crippen molar-refractivity contribution in [1.29, 1.82) is 0 Å². The highest BCUT2D eigenvalue weighted by Crippen LogP contribution is 2.62. The minimum atomic E-state index is -0.603. The molecule has 1 unspecified atom stereocenters. The van der Waals surface area contributed by atoms with Crippen molar-refractivity contribution in [3.05, 3.63) is 209 Å². The van der Waals surface area contributed by atoms with Gasteiger partial charge in [-0.1, -0.05) is 141 Å². The first kappa shape index (κ1) is 29.4. The van der Waals surface area contributed by atoms with Crippen LogP contribution in [0, 0.1) is 0 Å². The van der Waals surface area contributed by atoms with Crippen LogP contribution >= 0.6 is 0 Å². The van der Waals surface area contributed by atoms with Crippen molar-refractivity contribution < 1.29 is 4.74 Å². The number of anilines is 3. The molecule has 3 aliphatic rings. The SMILES string of the molecule is CC1(C)c2ccccc2-c2ccc(N(c3ccccc3)c3ccc4c(c3)C3(c5ccccc5O4)c4ccccc4-c4cccc5cccc3c45)cc21. The van der Waals surface area contributed by atoms with Crippen molar-refractivity contribution in [2.75, 3.05) is 4.90 Å². The van der Waals surface area contributed by atoms with Gasteiger partial charge in [0, 0.05) is 33.6 Å². The van der Waals surface area contributed by atoms with Gasteiger partial charge in [0.15, 0.2) is 0 Å². The van der Waals surface area contributed by atoms with Crippen molar-refractivity contribution in [3.63, 3.8) is 0 Å². The summed E-state index contributed by atoms with van der Waals surface area (Å²) in [5, 5.41) is 2.55. The van der Waals surface area contributed by atoms with Crippen molar-refractivity contribution in [2.24, 2.45) is 0 Å². The lowest BCUT2D eigenvalue weighted by Gasteiger charge is -2.45. The minimum Gasteiger partial charge on any atom is -0.457 e. The second-order valence-electron chi connectivity index (χ2n) is 14.9. The molecule has 8 aromatic carbocycles. The van der Waals surface area contributed by atoms with E-state index < -0.39 is 5.41 Å². The fourth-order valence-corrected chi connectivity index (χ4v) is 9.67. The van der Waals surface area contributed by atoms with E-state index in [0.717, 1.165) is 39.7 Å². The molecule has 52 heavy (non-hydrogen) atoms. The van der Waals surface area contributed by atoms with Crippen molar-refractivity contribution in [2.45, 2.75) is 24.7 Å². The summed E-state index contributed by atoms with van der Waals surface area (Å²) in [7, 11) is 0. The molecule has 0 N–H and O–H groups in total. The van der Waals surface area contributed by atoms with Crippen LogP contribution in [0.3, 0.4) is 0 Å². The van der Waals surface area contributed by atoms with Gasteiger partial charge < -0.3 is 9.64 Å². The standard InChI is InChI=1S/C50H35NO/c1-49(2)40-21-8-6-18-36(40)38-28-26-34(30-44(38)49)51(33-16-4-3-5-17-33)35-27-29-47-45(31-35)50(42-23-10-11-25-46(42)52-47)41-22-9-7-19-37(41)39-20-12-14-32-15-13-24-43(50)48(32)39/h3-31H,1-2H3. The Balaban J connectivity index is 1.20. The number of para-hydroxylation sites is 2. The lowest BCUT2D eigenvalue weighted by Crippen LogP contribution is -2.36. The lowest BCUT2D eigenvalue weighted by atomic mass is 9.58. The van der Waals surface area contributed by atoms with E-state index in [9.17, 15) is 0 Å². The number of hydrogen-bond acceptors (Lipinski definition) is 2. The van der Waals surface area contributed by atoms with E-state index in [4.69, 9.17) is 4.74 Å². The molecule has 1 heterocycles. The molecule has 2 aliphatic carbocycles. The van der Waals surface area contributed by atoms with Gasteiger partial charge >= 0.3 is 0 Å². The first-order chi connectivity index (χ1) is 25.5. The Morgan fingerprint density at radius 2 is 0.942 bits per heavy atom. The summed E-state index contributed by atoms with van der Waals surface area (Å²) in [6.07, 6.45) is 0. The maximum Gasteiger partial charge on any atom is 0.132 e. The minimum absolute atomic E-state index is 0.111. The number of benzene rings is 8. The second-order valence-corrected chi connectivity index (χ2v) is 14.9. The summed E-state index contributed by atoms with van der Waals surface area (Å²) in [5.74, 6) is 1.78. The number of nitrogens with zero attached hydrogens (tertiary/aromatic N) is 1. The third-order valence-electron chi connectivity index (χ3n) is 11.9. The van der Waals surface area contributed by atoms with Crippen LogP contribution in [0.4, 0.5) is 17.1 Å². The highest BCUT2D eigenvalue weighted by atomic mass is 16.5. The number of ether oxygens (including phenoxy) is 1. The zero-order valence-electron chi connectivity index (χ0n) is 29.1. The Morgan fingerprint density at radius 1 is 0.385 bits per heavy atom. The molecule has 0 saturated heterocycles. The Labute approximate surface area is 304 Å². The van der Waals surface area contributed by atoms with Gasteiger partial charge in [-0.25, -0.2) is 0 Å². The molecule has 0 amide bonds. The second kappa shape index (κ2) is 10.6. The molecule has 0 radical (unpaired) electrons. The molecule has 0 bridgehead atoms. The predicted molar refractivity (Wildman–Crippen MR) is 214 cm³/mol. The van der Waals surface area contributed by atoms with E-state index in [0.29, 0.717) is 0 Å². The fraction of sp³-hybridized carbons (Fsp3) is 0.0800. The summed E-state index contributed by atoms with van der Waals surface area (Å²) in [4.78, 5) is 2.41. The maximum absolute atomic E-state index is 6.86. The smallest absolute Gasteiger partial charge is 0.132 e. The molecule has 0 saturated carbocycles. The number of fused-ring (bicyclic) bond motifs is 11. The monoisotopic (exact) mass is 665 g/mol. The fourth-order valence-electron chi connectivity index (χ4n) is 9.67. The number of rotatable bonds is 3. The molecule has 0 fully saturated rings. The topological polar surface area (TPSA) is 12.5 Å². The van der Waals surface area contributed by atoms with Gasteiger partial charge in [-0.2, -0.15) is 0 Å². The Morgan fingerprint density at radius 3 is 1.75 bits per heavy atom. The van der Waals surface area contributed by atoms with Crippen LogP contribution in [-0.2, 0) is 10.8 Å². The third kappa shape index (κ3) is 3.79. The Kier molecular flexibility index (Phi) is 5.97. The molecular weight excluding hydrogens is 631 g/mol. The largest absolute Gasteiger partial charge is 0.457 e. The lowest BCUT2D eigenvalue weighted by molar-refractivity contribution is 0.435. The van der Waals surface area contributed by atoms with Gasteiger partial charge in [-0.3, -0.25) is 0 Å². The van der Waals surface area contributed by atoms with Gasteiger partial charge in [-0.05, 0) is 104 Å². The van der Waals surface area contributed by atoms with Crippen LogP contribution in [0.2, 0.25) is 0 Å². The van der Waals surface area contributed by atoms with E-state index in [2.05, 4.69) is 195 Å². The molecule has 11 rings (SSSR count). The van der Waals surface area contributed by atoms with E-state index in [1.807, 2.05) is 0 Å². The van der Waals surface area contributed by atoms with Crippen LogP contribution in [-0.4, -0.2) is 0 Å². The van der Waals surface area contributed by atoms with Crippen LogP contribution in [0.5, 0.6) is 11.5 Å². The highest BCUT2D eigenvalue weighted by Gasteiger charge is 2.49. The third-order valence-corrected chi connectivity index (χ3v) is 11.9. The molecule has 8 aromatic rings. The molecule has 1 aliphatic heterocycles. The first-order valence-corrected chi connectivity index (χ1v) is 18.2. The molecule has 1 spiro atoms. The normalized spacial score (nSPS) is 16.7. The van der Waals surface area contributed by atoms with Crippen molar-refractivity contribution >= 4 is 27.8 Å². The Bertz CT molecular complexity index is 2750. The summed E-state index contributed by atoms with van der Waals surface area (Å²) < 4.78 is 6.86. The molecule has 0 aromatic heterocycles. The van der Waals surface area contributed by atoms with Gasteiger partial charge in [-0.15, -0.1) is 0 Å². The zero-order valence-corrected chi connectivity index (χ0v) is 29.1. The highest BCUT2D eigenvalue weighted by molar-refractivity contribution is 6.05. The van der Waals surface area contributed by atoms with Crippen LogP contribution in [0.25, 0.3) is 33.0 Å². The van der Waals surface area contributed by atoms with Crippen molar-refractivity contribution in [1.82, 2.24) is 0 Å². The summed E-state index contributed by atoms with van der Waals surface area (Å²) in [6, 6.07) is 64.6. The van der Waals surface area contributed by atoms with Crippen LogP contribution in [0.1, 0.15) is 47.2 Å². The van der Waals surface area contributed by atoms with Crippen molar-refractivity contribution in [3.8, 4) is 33.8 Å². The average molecular weight is 666 g/mol. The van der Waals surface area contributed by atoms with Gasteiger partial charge in [0.25, 0.3) is 0 Å². The quantitative estimate of drug-likeness (QED) is 0.186. The maximum atomic E-state index is 6.86. The molecule has 2 heteroatoms. The summed E-state index contributed by atoms with van der Waals surface area (Å²) in [6.45, 7) is 4.70.